The van der Waals surface area contributed by atoms with Gasteiger partial charge in [-0.25, -0.2) is 0 Å². The third-order valence-electron chi connectivity index (χ3n) is 5.09. The summed E-state index contributed by atoms with van der Waals surface area (Å²) < 4.78 is 0. The van der Waals surface area contributed by atoms with Crippen molar-refractivity contribution in [3.05, 3.63) is 54.1 Å². The maximum absolute atomic E-state index is 12.4. The van der Waals surface area contributed by atoms with Crippen LogP contribution in [0, 0.1) is 6.92 Å². The van der Waals surface area contributed by atoms with Crippen LogP contribution in [-0.2, 0) is 11.3 Å². The molecule has 150 valence electrons. The molecule has 8 heteroatoms. The van der Waals surface area contributed by atoms with E-state index in [1.807, 2.05) is 42.5 Å². The number of nitrogens with zero attached hydrogens (tertiary/aromatic N) is 6. The monoisotopic (exact) mass is 391 g/mol. The van der Waals surface area contributed by atoms with Crippen molar-refractivity contribution in [2.24, 2.45) is 0 Å². The largest absolute Gasteiger partial charge is 0.369 e. The minimum absolute atomic E-state index is 0.0130. The van der Waals surface area contributed by atoms with Gasteiger partial charge in [0.1, 0.15) is 6.54 Å². The van der Waals surface area contributed by atoms with Gasteiger partial charge in [0.15, 0.2) is 0 Å². The van der Waals surface area contributed by atoms with E-state index in [9.17, 15) is 4.79 Å². The van der Waals surface area contributed by atoms with Crippen molar-refractivity contribution in [2.45, 2.75) is 13.5 Å². The predicted octanol–water partition coefficient (Wildman–Crippen LogP) is 2.04. The van der Waals surface area contributed by atoms with Gasteiger partial charge in [-0.3, -0.25) is 4.79 Å². The van der Waals surface area contributed by atoms with Gasteiger partial charge in [0, 0.05) is 43.1 Å². The molecule has 1 saturated heterocycles. The highest BCUT2D eigenvalue weighted by molar-refractivity contribution is 5.90. The van der Waals surface area contributed by atoms with Gasteiger partial charge in [-0.05, 0) is 42.9 Å². The summed E-state index contributed by atoms with van der Waals surface area (Å²) in [4.78, 5) is 18.4. The van der Waals surface area contributed by atoms with Crippen LogP contribution in [0.2, 0.25) is 0 Å². The Hall–Kier alpha value is -3.26. The molecule has 1 fully saturated rings. The minimum atomic E-state index is -0.186. The molecule has 0 atom stereocenters. The molecule has 1 aliphatic heterocycles. The molecular formula is C21H25N7O. The number of aromatic nitrogens is 4. The Kier molecular flexibility index (Phi) is 5.53. The minimum Gasteiger partial charge on any atom is -0.369 e. The topological polar surface area (TPSA) is 79.2 Å². The lowest BCUT2D eigenvalue weighted by molar-refractivity contribution is -0.117. The normalized spacial score (nSPS) is 14.8. The molecule has 1 aliphatic rings. The zero-order valence-electron chi connectivity index (χ0n) is 16.7. The number of rotatable bonds is 5. The van der Waals surface area contributed by atoms with Crippen molar-refractivity contribution in [1.29, 1.82) is 0 Å². The number of aryl methyl sites for hydroxylation is 1. The Balaban J connectivity index is 1.37. The zero-order chi connectivity index (χ0) is 20.2. The Bertz CT molecular complexity index is 978. The molecule has 1 N–H and O–H groups in total. The smallest absolute Gasteiger partial charge is 0.248 e. The third-order valence-corrected chi connectivity index (χ3v) is 5.09. The van der Waals surface area contributed by atoms with Gasteiger partial charge >= 0.3 is 0 Å². The molecule has 0 saturated carbocycles. The molecule has 0 aliphatic carbocycles. The van der Waals surface area contributed by atoms with E-state index in [1.165, 1.54) is 10.5 Å². The lowest BCUT2D eigenvalue weighted by atomic mass is 10.1. The number of likely N-dealkylation sites (N-methyl/N-ethyl adjacent to an activating group) is 1. The highest BCUT2D eigenvalue weighted by atomic mass is 16.2. The maximum atomic E-state index is 12.4. The van der Waals surface area contributed by atoms with Crippen LogP contribution in [0.5, 0.6) is 0 Å². The summed E-state index contributed by atoms with van der Waals surface area (Å²) in [5, 5.41) is 15.2. The van der Waals surface area contributed by atoms with Gasteiger partial charge in [0.25, 0.3) is 0 Å². The summed E-state index contributed by atoms with van der Waals surface area (Å²) in [6.07, 6.45) is 0. The molecule has 4 rings (SSSR count). The van der Waals surface area contributed by atoms with Crippen molar-refractivity contribution in [3.63, 3.8) is 0 Å². The van der Waals surface area contributed by atoms with E-state index in [-0.39, 0.29) is 12.5 Å². The third kappa shape index (κ3) is 4.60. The van der Waals surface area contributed by atoms with Crippen LogP contribution in [0.15, 0.2) is 48.5 Å². The molecule has 1 aromatic heterocycles. The van der Waals surface area contributed by atoms with Crippen LogP contribution in [0.25, 0.3) is 11.4 Å². The number of piperazine rings is 1. The Labute approximate surface area is 170 Å². The number of hydrogen-bond donors (Lipinski definition) is 1. The number of carbonyl (C=O) groups excluding carboxylic acids is 1. The van der Waals surface area contributed by atoms with Gasteiger partial charge in [-0.15, -0.1) is 10.2 Å². The highest BCUT2D eigenvalue weighted by Crippen LogP contribution is 2.24. The van der Waals surface area contributed by atoms with Crippen LogP contribution in [0.1, 0.15) is 5.56 Å². The summed E-state index contributed by atoms with van der Waals surface area (Å²) in [6, 6.07) is 15.6. The first-order valence-corrected chi connectivity index (χ1v) is 9.76. The fourth-order valence-corrected chi connectivity index (χ4v) is 3.48. The van der Waals surface area contributed by atoms with Crippen LogP contribution < -0.4 is 10.2 Å². The van der Waals surface area contributed by atoms with Crippen molar-refractivity contribution in [3.8, 4) is 11.4 Å². The maximum Gasteiger partial charge on any atom is 0.248 e. The second-order valence-corrected chi connectivity index (χ2v) is 7.35. The molecular weight excluding hydrogens is 366 g/mol. The van der Waals surface area contributed by atoms with E-state index >= 15 is 0 Å². The number of hydrogen-bond acceptors (Lipinski definition) is 6. The molecule has 29 heavy (non-hydrogen) atoms. The van der Waals surface area contributed by atoms with Crippen LogP contribution >= 0.6 is 0 Å². The molecule has 8 nitrogen and oxygen atoms in total. The van der Waals surface area contributed by atoms with Crippen LogP contribution in [-0.4, -0.2) is 64.2 Å². The van der Waals surface area contributed by atoms with Gasteiger partial charge in [-0.1, -0.05) is 30.3 Å². The quantitative estimate of drug-likeness (QED) is 0.717. The molecule has 1 amide bonds. The van der Waals surface area contributed by atoms with Crippen LogP contribution in [0.4, 0.5) is 11.4 Å². The van der Waals surface area contributed by atoms with Gasteiger partial charge in [-0.2, -0.15) is 4.80 Å². The summed E-state index contributed by atoms with van der Waals surface area (Å²) in [5.41, 5.74) is 4.02. The SMILES string of the molecule is Cc1cc(NC(=O)Cn2nnc(-c3ccccc3)n2)ccc1N1CCN(C)CC1. The Morgan fingerprint density at radius 2 is 1.83 bits per heavy atom. The molecule has 0 unspecified atom stereocenters. The first kappa shape index (κ1) is 19.1. The van der Waals surface area contributed by atoms with Crippen molar-refractivity contribution < 1.29 is 4.79 Å². The zero-order valence-corrected chi connectivity index (χ0v) is 16.7. The van der Waals surface area contributed by atoms with E-state index in [0.717, 1.165) is 43.0 Å². The summed E-state index contributed by atoms with van der Waals surface area (Å²) in [7, 11) is 2.15. The Morgan fingerprint density at radius 3 is 2.55 bits per heavy atom. The molecule has 3 aromatic rings. The van der Waals surface area contributed by atoms with E-state index in [4.69, 9.17) is 0 Å². The van der Waals surface area contributed by atoms with E-state index in [2.05, 4.69) is 50.6 Å². The second kappa shape index (κ2) is 8.40. The number of amides is 1. The molecule has 0 bridgehead atoms. The fourth-order valence-electron chi connectivity index (χ4n) is 3.48. The van der Waals surface area contributed by atoms with Crippen LogP contribution in [0.3, 0.4) is 0 Å². The number of tetrazole rings is 1. The Morgan fingerprint density at radius 1 is 1.07 bits per heavy atom. The van der Waals surface area contributed by atoms with E-state index in [0.29, 0.717) is 5.82 Å². The summed E-state index contributed by atoms with van der Waals surface area (Å²) >= 11 is 0. The molecule has 2 heterocycles. The molecule has 0 radical (unpaired) electrons. The summed E-state index contributed by atoms with van der Waals surface area (Å²) in [6.45, 7) is 6.25. The lowest BCUT2D eigenvalue weighted by Gasteiger charge is -2.35. The van der Waals surface area contributed by atoms with Crippen molar-refractivity contribution in [1.82, 2.24) is 25.1 Å². The number of carbonyl (C=O) groups is 1. The van der Waals surface area contributed by atoms with E-state index in [1.54, 1.807) is 0 Å². The average molecular weight is 391 g/mol. The van der Waals surface area contributed by atoms with Gasteiger partial charge in [0.05, 0.1) is 0 Å². The lowest BCUT2D eigenvalue weighted by Crippen LogP contribution is -2.44. The number of benzene rings is 2. The second-order valence-electron chi connectivity index (χ2n) is 7.35. The average Bonchev–Trinajstić information content (AvgIpc) is 3.18. The first-order chi connectivity index (χ1) is 14.1. The van der Waals surface area contributed by atoms with Gasteiger partial charge < -0.3 is 15.1 Å². The molecule has 0 spiro atoms. The molecule has 2 aromatic carbocycles. The van der Waals surface area contributed by atoms with E-state index < -0.39 is 0 Å². The van der Waals surface area contributed by atoms with Crippen molar-refractivity contribution >= 4 is 17.3 Å². The standard InChI is InChI=1S/C21H25N7O/c1-16-14-18(8-9-19(16)27-12-10-26(2)11-13-27)22-20(29)15-28-24-21(23-25-28)17-6-4-3-5-7-17/h3-9,14H,10-13,15H2,1-2H3,(H,22,29). The number of nitrogens with one attached hydrogen (secondary N) is 1. The van der Waals surface area contributed by atoms with Crippen molar-refractivity contribution in [2.75, 3.05) is 43.4 Å². The predicted molar refractivity (Wildman–Crippen MR) is 113 cm³/mol. The summed E-state index contributed by atoms with van der Waals surface area (Å²) in [5.74, 6) is 0.319. The number of anilines is 2. The highest BCUT2D eigenvalue weighted by Gasteiger charge is 2.16. The fraction of sp³-hybridized carbons (Fsp3) is 0.333. The first-order valence-electron chi connectivity index (χ1n) is 9.76. The van der Waals surface area contributed by atoms with Gasteiger partial charge in [0.2, 0.25) is 11.7 Å².